The number of nitrogens with one attached hydrogen (secondary N) is 1. The maximum atomic E-state index is 13.4. The van der Waals surface area contributed by atoms with Gasteiger partial charge in [0.15, 0.2) is 5.78 Å². The molecule has 0 heterocycles. The highest BCUT2D eigenvalue weighted by molar-refractivity contribution is 6.03. The van der Waals surface area contributed by atoms with Gasteiger partial charge in [0, 0.05) is 25.7 Å². The SMILES string of the molecule is CCC(Cc1ccc(C(=O)ON(C)CCNC)cc1)(C(=O)c1ccc(F)cc1)N(C)C. The normalized spacial score (nSPS) is 13.3. The molecule has 0 amide bonds. The largest absolute Gasteiger partial charge is 0.364 e. The summed E-state index contributed by atoms with van der Waals surface area (Å²) >= 11 is 0. The number of hydrogen-bond acceptors (Lipinski definition) is 6. The molecule has 2 rings (SSSR count). The topological polar surface area (TPSA) is 61.9 Å². The molecule has 0 radical (unpaired) electrons. The number of rotatable bonds is 11. The van der Waals surface area contributed by atoms with E-state index in [0.29, 0.717) is 37.1 Å². The van der Waals surface area contributed by atoms with Crippen molar-refractivity contribution in [2.75, 3.05) is 41.3 Å². The van der Waals surface area contributed by atoms with E-state index in [1.807, 2.05) is 45.1 Å². The van der Waals surface area contributed by atoms with Crippen LogP contribution in [0.2, 0.25) is 0 Å². The quantitative estimate of drug-likeness (QED) is 0.437. The van der Waals surface area contributed by atoms with Crippen molar-refractivity contribution in [3.8, 4) is 0 Å². The van der Waals surface area contributed by atoms with Crippen molar-refractivity contribution < 1.29 is 18.8 Å². The van der Waals surface area contributed by atoms with Crippen LogP contribution >= 0.6 is 0 Å². The number of hydrogen-bond donors (Lipinski definition) is 1. The van der Waals surface area contributed by atoms with Gasteiger partial charge in [-0.1, -0.05) is 19.1 Å². The van der Waals surface area contributed by atoms with Crippen LogP contribution in [0, 0.1) is 5.82 Å². The summed E-state index contributed by atoms with van der Waals surface area (Å²) in [7, 11) is 7.28. The number of nitrogens with zero attached hydrogens (tertiary/aromatic N) is 2. The van der Waals surface area contributed by atoms with Gasteiger partial charge in [-0.05, 0) is 75.9 Å². The van der Waals surface area contributed by atoms with Crippen LogP contribution < -0.4 is 5.32 Å². The van der Waals surface area contributed by atoms with Gasteiger partial charge in [-0.25, -0.2) is 9.18 Å². The number of Topliss-reactive ketones (excluding diaryl/α,β-unsaturated/α-hetero) is 1. The molecule has 6 nitrogen and oxygen atoms in total. The minimum atomic E-state index is -0.784. The van der Waals surface area contributed by atoms with Gasteiger partial charge >= 0.3 is 5.97 Å². The average molecular weight is 430 g/mol. The van der Waals surface area contributed by atoms with E-state index in [4.69, 9.17) is 4.84 Å². The van der Waals surface area contributed by atoms with E-state index >= 15 is 0 Å². The van der Waals surface area contributed by atoms with Crippen LogP contribution in [0.15, 0.2) is 48.5 Å². The Morgan fingerprint density at radius 1 is 1.00 bits per heavy atom. The second kappa shape index (κ2) is 11.1. The van der Waals surface area contributed by atoms with Gasteiger partial charge in [-0.15, -0.1) is 5.06 Å². The van der Waals surface area contributed by atoms with Crippen LogP contribution in [0.25, 0.3) is 0 Å². The fourth-order valence-electron chi connectivity index (χ4n) is 3.52. The van der Waals surface area contributed by atoms with E-state index in [9.17, 15) is 14.0 Å². The van der Waals surface area contributed by atoms with Gasteiger partial charge in [-0.2, -0.15) is 0 Å². The Kier molecular flexibility index (Phi) is 8.86. The molecule has 0 bridgehead atoms. The first-order chi connectivity index (χ1) is 14.7. The van der Waals surface area contributed by atoms with E-state index in [1.54, 1.807) is 19.2 Å². The van der Waals surface area contributed by atoms with Crippen molar-refractivity contribution in [1.82, 2.24) is 15.3 Å². The predicted molar refractivity (Wildman–Crippen MR) is 120 cm³/mol. The van der Waals surface area contributed by atoms with Crippen molar-refractivity contribution in [3.63, 3.8) is 0 Å². The molecule has 2 aromatic carbocycles. The molecule has 0 aliphatic carbocycles. The summed E-state index contributed by atoms with van der Waals surface area (Å²) < 4.78 is 13.3. The third-order valence-electron chi connectivity index (χ3n) is 5.57. The summed E-state index contributed by atoms with van der Waals surface area (Å²) in [4.78, 5) is 32.9. The van der Waals surface area contributed by atoms with Crippen LogP contribution in [-0.2, 0) is 11.3 Å². The summed E-state index contributed by atoms with van der Waals surface area (Å²) in [6, 6.07) is 12.8. The Labute approximate surface area is 183 Å². The third-order valence-corrected chi connectivity index (χ3v) is 5.57. The van der Waals surface area contributed by atoms with Gasteiger partial charge in [0.2, 0.25) is 0 Å². The van der Waals surface area contributed by atoms with Gasteiger partial charge in [0.25, 0.3) is 0 Å². The Bertz CT molecular complexity index is 869. The smallest absolute Gasteiger partial charge is 0.357 e. The van der Waals surface area contributed by atoms with E-state index in [1.165, 1.54) is 29.3 Å². The summed E-state index contributed by atoms with van der Waals surface area (Å²) in [5, 5.41) is 4.48. The van der Waals surface area contributed by atoms with Crippen LogP contribution in [0.3, 0.4) is 0 Å². The molecule has 0 aromatic heterocycles. The van der Waals surface area contributed by atoms with Crippen LogP contribution in [0.1, 0.15) is 39.6 Å². The van der Waals surface area contributed by atoms with Gasteiger partial charge < -0.3 is 10.2 Å². The van der Waals surface area contributed by atoms with Crippen LogP contribution in [-0.4, -0.2) is 68.5 Å². The number of carbonyl (C=O) groups is 2. The fourth-order valence-corrected chi connectivity index (χ4v) is 3.52. The fraction of sp³-hybridized carbons (Fsp3) is 0.417. The van der Waals surface area contributed by atoms with Crippen molar-refractivity contribution in [3.05, 3.63) is 71.0 Å². The molecule has 1 atom stereocenters. The Morgan fingerprint density at radius 3 is 2.10 bits per heavy atom. The zero-order valence-electron chi connectivity index (χ0n) is 18.9. The van der Waals surface area contributed by atoms with Crippen molar-refractivity contribution in [2.24, 2.45) is 0 Å². The molecule has 31 heavy (non-hydrogen) atoms. The zero-order chi connectivity index (χ0) is 23.0. The molecule has 0 aliphatic heterocycles. The second-order valence-electron chi connectivity index (χ2n) is 7.82. The molecule has 1 N–H and O–H groups in total. The molecule has 0 aliphatic rings. The molecule has 0 saturated carbocycles. The Hall–Kier alpha value is -2.61. The van der Waals surface area contributed by atoms with E-state index in [2.05, 4.69) is 5.32 Å². The first-order valence-electron chi connectivity index (χ1n) is 10.4. The average Bonchev–Trinajstić information content (AvgIpc) is 2.76. The molecule has 2 aromatic rings. The molecule has 1 unspecified atom stereocenters. The molecule has 0 spiro atoms. The van der Waals surface area contributed by atoms with Gasteiger partial charge in [0.1, 0.15) is 5.82 Å². The predicted octanol–water partition coefficient (Wildman–Crippen LogP) is 3.18. The van der Waals surface area contributed by atoms with Crippen LogP contribution in [0.5, 0.6) is 0 Å². The highest BCUT2D eigenvalue weighted by atomic mass is 19.1. The summed E-state index contributed by atoms with van der Waals surface area (Å²) in [6.07, 6.45) is 1.04. The van der Waals surface area contributed by atoms with Crippen molar-refractivity contribution in [2.45, 2.75) is 25.3 Å². The lowest BCUT2D eigenvalue weighted by molar-refractivity contribution is -0.0888. The first kappa shape index (κ1) is 24.7. The molecule has 7 heteroatoms. The molecule has 0 fully saturated rings. The maximum absolute atomic E-state index is 13.4. The van der Waals surface area contributed by atoms with E-state index in [-0.39, 0.29) is 11.6 Å². The lowest BCUT2D eigenvalue weighted by Gasteiger charge is -2.38. The number of benzene rings is 2. The zero-order valence-corrected chi connectivity index (χ0v) is 18.9. The Morgan fingerprint density at radius 2 is 1.58 bits per heavy atom. The number of halogens is 1. The summed E-state index contributed by atoms with van der Waals surface area (Å²) in [6.45, 7) is 3.25. The lowest BCUT2D eigenvalue weighted by Crippen LogP contribution is -2.52. The summed E-state index contributed by atoms with van der Waals surface area (Å²) in [5.41, 5.74) is 1.05. The molecular weight excluding hydrogens is 397 g/mol. The number of hydroxylamine groups is 2. The van der Waals surface area contributed by atoms with Crippen LogP contribution in [0.4, 0.5) is 4.39 Å². The summed E-state index contributed by atoms with van der Waals surface area (Å²) in [5.74, 6) is -0.862. The number of likely N-dealkylation sites (N-methyl/N-ethyl adjacent to an activating group) is 3. The highest BCUT2D eigenvalue weighted by Crippen LogP contribution is 2.28. The van der Waals surface area contributed by atoms with Crippen molar-refractivity contribution >= 4 is 11.8 Å². The second-order valence-corrected chi connectivity index (χ2v) is 7.82. The van der Waals surface area contributed by atoms with Gasteiger partial charge in [-0.3, -0.25) is 9.69 Å². The molecule has 0 saturated heterocycles. The van der Waals surface area contributed by atoms with E-state index < -0.39 is 11.5 Å². The lowest BCUT2D eigenvalue weighted by atomic mass is 9.80. The number of ketones is 1. The monoisotopic (exact) mass is 429 g/mol. The van der Waals surface area contributed by atoms with Gasteiger partial charge in [0.05, 0.1) is 11.1 Å². The minimum absolute atomic E-state index is 0.0605. The van der Waals surface area contributed by atoms with E-state index in [0.717, 1.165) is 5.56 Å². The highest BCUT2D eigenvalue weighted by Gasteiger charge is 2.39. The minimum Gasteiger partial charge on any atom is -0.364 e. The third kappa shape index (κ3) is 6.19. The first-order valence-corrected chi connectivity index (χ1v) is 10.4. The molecule has 168 valence electrons. The Balaban J connectivity index is 2.19. The molecular formula is C24H32FN3O3. The van der Waals surface area contributed by atoms with Crippen molar-refractivity contribution in [1.29, 1.82) is 0 Å². The number of carbonyl (C=O) groups excluding carboxylic acids is 2. The maximum Gasteiger partial charge on any atom is 0.357 e. The standard InChI is InChI=1S/C24H32FN3O3/c1-6-24(27(3)4,22(29)19-11-13-21(25)14-12-19)17-18-7-9-20(10-8-18)23(30)31-28(5)16-15-26-2/h7-14,26H,6,15-17H2,1-5H3.